The maximum Gasteiger partial charge on any atom is 0.302 e. The van der Waals surface area contributed by atoms with Gasteiger partial charge in [-0.05, 0) is 84.3 Å². The van der Waals surface area contributed by atoms with Crippen LogP contribution in [0, 0.1) is 28.6 Å². The maximum absolute atomic E-state index is 11.5. The van der Waals surface area contributed by atoms with Crippen molar-refractivity contribution in [1.29, 1.82) is 0 Å². The van der Waals surface area contributed by atoms with E-state index in [4.69, 9.17) is 6.11 Å². The average Bonchev–Trinajstić information content (AvgIpc) is 2.98. The molecule has 2 fully saturated rings. The topological polar surface area (TPSA) is 39.2 Å². The Morgan fingerprint density at radius 1 is 1.21 bits per heavy atom. The molecule has 0 saturated heterocycles. The summed E-state index contributed by atoms with van der Waals surface area (Å²) in [6.07, 6.45) is 13.7. The van der Waals surface area contributed by atoms with E-state index in [1.165, 1.54) is 24.5 Å². The quantitative estimate of drug-likeness (QED) is 0.460. The number of carbonyl (C=O) groups is 1. The van der Waals surface area contributed by atoms with E-state index in [9.17, 15) is 4.79 Å². The predicted molar refractivity (Wildman–Crippen MR) is 115 cm³/mol. The van der Waals surface area contributed by atoms with E-state index in [-0.39, 0.29) is 22.9 Å². The maximum atomic E-state index is 11.5. The van der Waals surface area contributed by atoms with Crippen LogP contribution in [0.25, 0.3) is 5.57 Å². The summed E-state index contributed by atoms with van der Waals surface area (Å²) in [5.74, 6) is 1.70. The fourth-order valence-electron chi connectivity index (χ4n) is 7.33. The Balaban J connectivity index is 1.44. The van der Waals surface area contributed by atoms with E-state index in [1.54, 1.807) is 0 Å². The van der Waals surface area contributed by atoms with E-state index >= 15 is 0 Å². The van der Waals surface area contributed by atoms with Crippen molar-refractivity contribution in [3.05, 3.63) is 47.8 Å². The van der Waals surface area contributed by atoms with E-state index in [2.05, 4.69) is 31.0 Å². The molecule has 0 aliphatic heterocycles. The molecule has 0 N–H and O–H groups in total. The van der Waals surface area contributed by atoms with Crippen LogP contribution in [0.1, 0.15) is 72.7 Å². The third kappa shape index (κ3) is 2.92. The molecule has 1 heterocycles. The van der Waals surface area contributed by atoms with Crippen LogP contribution < -0.4 is 0 Å². The lowest BCUT2D eigenvalue weighted by atomic mass is 9.47. The minimum atomic E-state index is -0.158. The van der Waals surface area contributed by atoms with Gasteiger partial charge < -0.3 is 4.74 Å². The summed E-state index contributed by atoms with van der Waals surface area (Å²) in [7, 11) is 0. The number of rotatable bonds is 2. The Hall–Kier alpha value is -1.90. The lowest BCUT2D eigenvalue weighted by molar-refractivity contribution is -0.148. The molecule has 4 aliphatic rings. The molecular weight excluding hydrogens is 358 g/mol. The van der Waals surface area contributed by atoms with E-state index < -0.39 is 0 Å². The molecule has 0 aromatic carbocycles. The first-order valence-electron chi connectivity index (χ1n) is 11.8. The van der Waals surface area contributed by atoms with Crippen LogP contribution >= 0.6 is 0 Å². The summed E-state index contributed by atoms with van der Waals surface area (Å²) in [4.78, 5) is 15.8. The van der Waals surface area contributed by atoms with Gasteiger partial charge in [0.2, 0.25) is 0 Å². The molecule has 1 aromatic heterocycles. The fraction of sp³-hybridized carbons (Fsp3) is 0.615. The number of esters is 1. The van der Waals surface area contributed by atoms with Crippen molar-refractivity contribution in [3.8, 4) is 0 Å². The first kappa shape index (κ1) is 17.9. The zero-order valence-corrected chi connectivity index (χ0v) is 17.9. The highest BCUT2D eigenvalue weighted by molar-refractivity contribution is 5.72. The number of hydrogen-bond donors (Lipinski definition) is 0. The van der Waals surface area contributed by atoms with Crippen molar-refractivity contribution in [2.75, 3.05) is 0 Å². The number of fused-ring (bicyclic) bond motifs is 5. The first-order chi connectivity index (χ1) is 14.3. The zero-order valence-electron chi connectivity index (χ0n) is 18.9. The molecule has 3 unspecified atom stereocenters. The molecule has 2 saturated carbocycles. The Morgan fingerprint density at radius 2 is 2.03 bits per heavy atom. The lowest BCUT2D eigenvalue weighted by Crippen LogP contribution is -2.50. The predicted octanol–water partition coefficient (Wildman–Crippen LogP) is 5.97. The summed E-state index contributed by atoms with van der Waals surface area (Å²) < 4.78 is 14.4. The van der Waals surface area contributed by atoms with Gasteiger partial charge in [-0.1, -0.05) is 37.6 Å². The molecule has 0 spiro atoms. The van der Waals surface area contributed by atoms with Crippen LogP contribution in [0.2, 0.25) is 0 Å². The Kier molecular flexibility index (Phi) is 4.21. The number of allylic oxidation sites excluding steroid dienone is 3. The van der Waals surface area contributed by atoms with Crippen LogP contribution in [0.5, 0.6) is 0 Å². The highest BCUT2D eigenvalue weighted by atomic mass is 16.5. The van der Waals surface area contributed by atoms with Gasteiger partial charge in [0.15, 0.2) is 0 Å². The highest BCUT2D eigenvalue weighted by Crippen LogP contribution is 2.66. The summed E-state index contributed by atoms with van der Waals surface area (Å²) >= 11 is 0. The highest BCUT2D eigenvalue weighted by Gasteiger charge is 2.56. The molecule has 1 aromatic rings. The molecule has 3 heteroatoms. The number of hydrogen-bond acceptors (Lipinski definition) is 3. The number of carbonyl (C=O) groups excluding carboxylic acids is 1. The van der Waals surface area contributed by atoms with Crippen LogP contribution in [-0.4, -0.2) is 17.1 Å². The normalized spacial score (nSPS) is 41.6. The lowest BCUT2D eigenvalue weighted by Gasteiger charge is -2.57. The molecule has 0 bridgehead atoms. The average molecular weight is 393 g/mol. The van der Waals surface area contributed by atoms with Crippen molar-refractivity contribution in [1.82, 2.24) is 4.98 Å². The molecule has 3 nitrogen and oxygen atoms in total. The monoisotopic (exact) mass is 392 g/mol. The van der Waals surface area contributed by atoms with Gasteiger partial charge in [-0.15, -0.1) is 0 Å². The van der Waals surface area contributed by atoms with E-state index in [0.717, 1.165) is 50.1 Å². The second kappa shape index (κ2) is 6.82. The molecule has 29 heavy (non-hydrogen) atoms. The molecular formula is C26H33NO2. The first-order valence-corrected chi connectivity index (χ1v) is 11.3. The summed E-state index contributed by atoms with van der Waals surface area (Å²) in [6, 6.07) is 4.96. The molecule has 5 rings (SSSR count). The Labute approximate surface area is 176 Å². The molecule has 4 aliphatic carbocycles. The van der Waals surface area contributed by atoms with Crippen molar-refractivity contribution in [2.45, 2.75) is 71.8 Å². The van der Waals surface area contributed by atoms with Gasteiger partial charge in [-0.3, -0.25) is 9.78 Å². The van der Waals surface area contributed by atoms with Crippen LogP contribution in [0.4, 0.5) is 0 Å². The molecule has 6 atom stereocenters. The van der Waals surface area contributed by atoms with Crippen molar-refractivity contribution >= 4 is 11.5 Å². The van der Waals surface area contributed by atoms with Crippen LogP contribution in [0.15, 0.2) is 42.2 Å². The second-order valence-electron chi connectivity index (χ2n) is 10.2. The van der Waals surface area contributed by atoms with E-state index in [0.29, 0.717) is 17.8 Å². The van der Waals surface area contributed by atoms with Gasteiger partial charge in [-0.2, -0.15) is 0 Å². The van der Waals surface area contributed by atoms with Crippen LogP contribution in [0.3, 0.4) is 0 Å². The molecule has 0 amide bonds. The second-order valence-corrected chi connectivity index (χ2v) is 10.2. The van der Waals surface area contributed by atoms with Gasteiger partial charge >= 0.3 is 5.97 Å². The largest absolute Gasteiger partial charge is 0.462 e. The zero-order chi connectivity index (χ0) is 21.1. The smallest absolute Gasteiger partial charge is 0.302 e. The SMILES string of the molecule is [2H]C1=C(c2cccnc2)[C@@]2(C)CCC3C(CC=C4C[C@@H](OC(C)=O)CC[C@@]43C)C2C1. The fourth-order valence-corrected chi connectivity index (χ4v) is 7.33. The standard InChI is InChI=1S/C26H33NO2/c1-17(28)29-20-10-12-25(2)19(15-20)6-7-21-23-9-8-22(18-5-4-14-27-16-18)26(23,3)13-11-24(21)25/h4-6,8,14,16,20-21,23-24H,7,9-13,15H2,1-3H3/t20-,21?,23?,24?,25-,26+/m0/s1/i8D. The van der Waals surface area contributed by atoms with Gasteiger partial charge in [0.05, 0.1) is 1.37 Å². The summed E-state index contributed by atoms with van der Waals surface area (Å²) in [5.41, 5.74) is 4.22. The van der Waals surface area contributed by atoms with Crippen molar-refractivity contribution in [2.24, 2.45) is 28.6 Å². The Bertz CT molecular complexity index is 922. The van der Waals surface area contributed by atoms with E-state index in [1.807, 2.05) is 18.5 Å². The molecule has 154 valence electrons. The minimum absolute atomic E-state index is 0.0532. The number of aromatic nitrogens is 1. The third-order valence-electron chi connectivity index (χ3n) is 8.80. The Morgan fingerprint density at radius 3 is 2.79 bits per heavy atom. The van der Waals surface area contributed by atoms with Gasteiger partial charge in [0, 0.05) is 25.7 Å². The summed E-state index contributed by atoms with van der Waals surface area (Å²) in [6.45, 7) is 6.40. The van der Waals surface area contributed by atoms with Crippen LogP contribution in [-0.2, 0) is 9.53 Å². The minimum Gasteiger partial charge on any atom is -0.462 e. The number of nitrogens with zero attached hydrogens (tertiary/aromatic N) is 1. The molecule has 0 radical (unpaired) electrons. The van der Waals surface area contributed by atoms with Gasteiger partial charge in [-0.25, -0.2) is 0 Å². The summed E-state index contributed by atoms with van der Waals surface area (Å²) in [5, 5.41) is 0. The van der Waals surface area contributed by atoms with Gasteiger partial charge in [0.1, 0.15) is 6.10 Å². The van der Waals surface area contributed by atoms with Gasteiger partial charge in [0.25, 0.3) is 0 Å². The van der Waals surface area contributed by atoms with Crippen molar-refractivity contribution in [3.63, 3.8) is 0 Å². The number of ether oxygens (including phenoxy) is 1. The van der Waals surface area contributed by atoms with Crippen molar-refractivity contribution < 1.29 is 10.9 Å². The number of pyridine rings is 1. The third-order valence-corrected chi connectivity index (χ3v) is 8.80.